The number of nitrogens with two attached hydrogens (primary N) is 1. The summed E-state index contributed by atoms with van der Waals surface area (Å²) in [6.07, 6.45) is 5.40. The van der Waals surface area contributed by atoms with Crippen molar-refractivity contribution in [2.45, 2.75) is 25.3 Å². The molecule has 1 fully saturated rings. The average molecular weight is 350 g/mol. The second-order valence-electron chi connectivity index (χ2n) is 7.07. The van der Waals surface area contributed by atoms with Gasteiger partial charge >= 0.3 is 0 Å². The van der Waals surface area contributed by atoms with Crippen molar-refractivity contribution in [2.24, 2.45) is 5.73 Å². The summed E-state index contributed by atoms with van der Waals surface area (Å²) in [5, 5.41) is 23.2. The maximum Gasteiger partial charge on any atom is 0.151 e. The monoisotopic (exact) mass is 350 g/mol. The molecule has 3 heterocycles. The smallest absolute Gasteiger partial charge is 0.151 e. The van der Waals surface area contributed by atoms with E-state index in [-0.39, 0.29) is 11.3 Å². The summed E-state index contributed by atoms with van der Waals surface area (Å²) in [5.74, 6) is 0.994. The number of hydrogen-bond donors (Lipinski definition) is 2. The zero-order valence-electron chi connectivity index (χ0n) is 14.7. The quantitative estimate of drug-likeness (QED) is 0.753. The number of piperidine rings is 1. The molecule has 3 aromatic rings. The van der Waals surface area contributed by atoms with Crippen molar-refractivity contribution in [1.29, 1.82) is 0 Å². The normalized spacial score (nSPS) is 16.6. The van der Waals surface area contributed by atoms with Gasteiger partial charge in [0.25, 0.3) is 0 Å². The van der Waals surface area contributed by atoms with Gasteiger partial charge in [0.1, 0.15) is 5.75 Å². The largest absolute Gasteiger partial charge is 0.507 e. The Morgan fingerprint density at radius 3 is 2.54 bits per heavy atom. The zero-order valence-corrected chi connectivity index (χ0v) is 14.7. The Bertz CT molecular complexity index is 879. The molecule has 7 heteroatoms. The van der Waals surface area contributed by atoms with E-state index < -0.39 is 0 Å². The van der Waals surface area contributed by atoms with Crippen LogP contribution in [0.4, 0.5) is 5.82 Å². The van der Waals surface area contributed by atoms with Crippen LogP contribution in [0.2, 0.25) is 0 Å². The summed E-state index contributed by atoms with van der Waals surface area (Å²) in [4.78, 5) is 2.20. The Balaban J connectivity index is 1.54. The fraction of sp³-hybridized carbons (Fsp3) is 0.316. The van der Waals surface area contributed by atoms with E-state index in [4.69, 9.17) is 5.73 Å². The molecule has 1 saturated heterocycles. The molecule has 26 heavy (non-hydrogen) atoms. The van der Waals surface area contributed by atoms with Gasteiger partial charge in [-0.1, -0.05) is 0 Å². The first-order chi connectivity index (χ1) is 12.5. The molecule has 1 aliphatic heterocycles. The molecule has 0 amide bonds. The molecule has 4 rings (SSSR count). The molecular weight excluding hydrogens is 328 g/mol. The maximum atomic E-state index is 10.4. The predicted molar refractivity (Wildman–Crippen MR) is 100 cm³/mol. The van der Waals surface area contributed by atoms with Gasteiger partial charge in [-0.2, -0.15) is 5.10 Å². The lowest BCUT2D eigenvalue weighted by Crippen LogP contribution is -2.48. The second kappa shape index (κ2) is 6.42. The van der Waals surface area contributed by atoms with Crippen molar-refractivity contribution in [2.75, 3.05) is 18.0 Å². The van der Waals surface area contributed by atoms with Gasteiger partial charge in [0, 0.05) is 42.7 Å². The highest BCUT2D eigenvalue weighted by Crippen LogP contribution is 2.30. The summed E-state index contributed by atoms with van der Waals surface area (Å²) in [5.41, 5.74) is 8.17. The number of aromatic nitrogens is 4. The van der Waals surface area contributed by atoms with E-state index in [1.165, 1.54) is 0 Å². The third kappa shape index (κ3) is 3.25. The summed E-state index contributed by atoms with van der Waals surface area (Å²) >= 11 is 0. The SMILES string of the molecule is CC1(N)CCN(c2ccc(-c3ccc(-n4cccn4)cc3O)nn2)CC1. The number of nitrogens with zero attached hydrogens (tertiary/aromatic N) is 5. The van der Waals surface area contributed by atoms with Crippen LogP contribution in [-0.4, -0.2) is 43.7 Å². The average Bonchev–Trinajstić information content (AvgIpc) is 3.17. The molecule has 1 aromatic carbocycles. The molecule has 0 atom stereocenters. The number of hydrogen-bond acceptors (Lipinski definition) is 6. The first kappa shape index (κ1) is 16.5. The van der Waals surface area contributed by atoms with Crippen LogP contribution in [0, 0.1) is 0 Å². The Morgan fingerprint density at radius 1 is 1.12 bits per heavy atom. The van der Waals surface area contributed by atoms with Crippen molar-refractivity contribution in [3.8, 4) is 22.7 Å². The Labute approximate surface area is 152 Å². The first-order valence-corrected chi connectivity index (χ1v) is 8.73. The minimum absolute atomic E-state index is 0.0913. The number of phenolic OH excluding ortho intramolecular Hbond substituents is 1. The Morgan fingerprint density at radius 2 is 1.92 bits per heavy atom. The van der Waals surface area contributed by atoms with Crippen LogP contribution < -0.4 is 10.6 Å². The van der Waals surface area contributed by atoms with E-state index in [0.29, 0.717) is 11.3 Å². The molecule has 2 aromatic heterocycles. The van der Waals surface area contributed by atoms with Gasteiger partial charge in [0.15, 0.2) is 5.82 Å². The van der Waals surface area contributed by atoms with Crippen LogP contribution in [0.15, 0.2) is 48.8 Å². The minimum Gasteiger partial charge on any atom is -0.507 e. The molecule has 0 spiro atoms. The summed E-state index contributed by atoms with van der Waals surface area (Å²) in [6.45, 7) is 3.85. The zero-order chi connectivity index (χ0) is 18.1. The van der Waals surface area contributed by atoms with E-state index in [0.717, 1.165) is 37.4 Å². The summed E-state index contributed by atoms with van der Waals surface area (Å²) in [6, 6.07) is 11.1. The molecule has 7 nitrogen and oxygen atoms in total. The molecule has 0 bridgehead atoms. The Hall–Kier alpha value is -2.93. The standard InChI is InChI=1S/C19H22N6O/c1-19(20)7-11-24(12-8-19)18-6-5-16(22-23-18)15-4-3-14(13-17(15)26)25-10-2-9-21-25/h2-6,9-10,13,26H,7-8,11-12,20H2,1H3. The number of phenols is 1. The van der Waals surface area contributed by atoms with Crippen LogP contribution in [0.3, 0.4) is 0 Å². The first-order valence-electron chi connectivity index (χ1n) is 8.73. The maximum absolute atomic E-state index is 10.4. The van der Waals surface area contributed by atoms with Crippen LogP contribution in [0.1, 0.15) is 19.8 Å². The second-order valence-corrected chi connectivity index (χ2v) is 7.07. The highest BCUT2D eigenvalue weighted by molar-refractivity contribution is 5.69. The van der Waals surface area contributed by atoms with Crippen LogP contribution in [0.25, 0.3) is 16.9 Å². The van der Waals surface area contributed by atoms with Crippen LogP contribution in [-0.2, 0) is 0 Å². The van der Waals surface area contributed by atoms with Gasteiger partial charge < -0.3 is 15.7 Å². The van der Waals surface area contributed by atoms with Gasteiger partial charge in [0.05, 0.1) is 11.4 Å². The van der Waals surface area contributed by atoms with E-state index in [1.54, 1.807) is 16.9 Å². The molecular formula is C19H22N6O. The van der Waals surface area contributed by atoms with Gasteiger partial charge in [0.2, 0.25) is 0 Å². The number of aromatic hydroxyl groups is 1. The van der Waals surface area contributed by atoms with E-state index >= 15 is 0 Å². The van der Waals surface area contributed by atoms with Crippen molar-refractivity contribution in [3.05, 3.63) is 48.8 Å². The van der Waals surface area contributed by atoms with Crippen LogP contribution in [0.5, 0.6) is 5.75 Å². The fourth-order valence-corrected chi connectivity index (χ4v) is 3.18. The van der Waals surface area contributed by atoms with Crippen molar-refractivity contribution in [3.63, 3.8) is 0 Å². The number of benzene rings is 1. The third-order valence-electron chi connectivity index (χ3n) is 4.91. The lowest BCUT2D eigenvalue weighted by atomic mass is 9.91. The highest BCUT2D eigenvalue weighted by atomic mass is 16.3. The van der Waals surface area contributed by atoms with E-state index in [1.807, 2.05) is 36.5 Å². The molecule has 134 valence electrons. The van der Waals surface area contributed by atoms with E-state index in [2.05, 4.69) is 27.1 Å². The lowest BCUT2D eigenvalue weighted by Gasteiger charge is -2.37. The highest BCUT2D eigenvalue weighted by Gasteiger charge is 2.26. The van der Waals surface area contributed by atoms with Gasteiger partial charge in [-0.3, -0.25) is 0 Å². The minimum atomic E-state index is -0.0913. The van der Waals surface area contributed by atoms with Crippen molar-refractivity contribution >= 4 is 5.82 Å². The van der Waals surface area contributed by atoms with Gasteiger partial charge in [-0.15, -0.1) is 10.2 Å². The van der Waals surface area contributed by atoms with Crippen LogP contribution >= 0.6 is 0 Å². The number of anilines is 1. The van der Waals surface area contributed by atoms with E-state index in [9.17, 15) is 5.11 Å². The molecule has 0 radical (unpaired) electrons. The topological polar surface area (TPSA) is 93.1 Å². The molecule has 3 N–H and O–H groups in total. The van der Waals surface area contributed by atoms with Crippen molar-refractivity contribution in [1.82, 2.24) is 20.0 Å². The molecule has 0 unspecified atom stereocenters. The molecule has 0 saturated carbocycles. The lowest BCUT2D eigenvalue weighted by molar-refractivity contribution is 0.362. The fourth-order valence-electron chi connectivity index (χ4n) is 3.18. The van der Waals surface area contributed by atoms with Crippen molar-refractivity contribution < 1.29 is 5.11 Å². The van der Waals surface area contributed by atoms with Gasteiger partial charge in [-0.25, -0.2) is 4.68 Å². The Kier molecular flexibility index (Phi) is 4.08. The van der Waals surface area contributed by atoms with Gasteiger partial charge in [-0.05, 0) is 50.1 Å². The summed E-state index contributed by atoms with van der Waals surface area (Å²) in [7, 11) is 0. The molecule has 0 aliphatic carbocycles. The third-order valence-corrected chi connectivity index (χ3v) is 4.91. The molecule has 1 aliphatic rings. The number of rotatable bonds is 3. The summed E-state index contributed by atoms with van der Waals surface area (Å²) < 4.78 is 1.69. The predicted octanol–water partition coefficient (Wildman–Crippen LogP) is 2.35.